The Morgan fingerprint density at radius 1 is 1.03 bits per heavy atom. The van der Waals surface area contributed by atoms with Gasteiger partial charge < -0.3 is 19.4 Å². The number of amides is 1. The Kier molecular flexibility index (Phi) is 7.51. The molecule has 0 saturated carbocycles. The molecule has 8 nitrogen and oxygen atoms in total. The van der Waals surface area contributed by atoms with E-state index in [-0.39, 0.29) is 35.9 Å². The molecule has 5 rings (SSSR count). The van der Waals surface area contributed by atoms with E-state index in [1.54, 1.807) is 10.9 Å². The monoisotopic (exact) mass is 538 g/mol. The van der Waals surface area contributed by atoms with E-state index in [4.69, 9.17) is 9.47 Å². The van der Waals surface area contributed by atoms with Crippen LogP contribution in [0.3, 0.4) is 0 Å². The Morgan fingerprint density at radius 3 is 2.41 bits per heavy atom. The van der Waals surface area contributed by atoms with Crippen LogP contribution < -0.4 is 15.6 Å². The molecular weight excluding hydrogens is 513 g/mol. The molecule has 0 radical (unpaired) electrons. The first-order valence-corrected chi connectivity index (χ1v) is 12.2. The van der Waals surface area contributed by atoms with Gasteiger partial charge in [-0.1, -0.05) is 24.3 Å². The third-order valence-corrected chi connectivity index (χ3v) is 6.52. The molecule has 2 aromatic carbocycles. The van der Waals surface area contributed by atoms with Gasteiger partial charge >= 0.3 is 0 Å². The van der Waals surface area contributed by atoms with Crippen LogP contribution in [0.4, 0.5) is 13.2 Å². The molecule has 202 valence electrons. The number of rotatable bonds is 9. The largest absolute Gasteiger partial charge is 0.494 e. The molecule has 11 heteroatoms. The van der Waals surface area contributed by atoms with E-state index in [1.165, 1.54) is 23.8 Å². The maximum atomic E-state index is 14.5. The van der Waals surface area contributed by atoms with Crippen molar-refractivity contribution >= 4 is 5.91 Å². The van der Waals surface area contributed by atoms with Crippen LogP contribution in [0.25, 0.3) is 0 Å². The van der Waals surface area contributed by atoms with Gasteiger partial charge in [0, 0.05) is 30.6 Å². The van der Waals surface area contributed by atoms with Crippen LogP contribution >= 0.6 is 0 Å². The van der Waals surface area contributed by atoms with Crippen molar-refractivity contribution in [1.82, 2.24) is 19.7 Å². The number of nitrogens with zero attached hydrogens (tertiary/aromatic N) is 3. The minimum atomic E-state index is -0.869. The predicted octanol–water partition coefficient (Wildman–Crippen LogP) is 3.61. The van der Waals surface area contributed by atoms with E-state index < -0.39 is 23.4 Å². The number of nitrogens with one attached hydrogen (secondary N) is 1. The third kappa shape index (κ3) is 5.73. The summed E-state index contributed by atoms with van der Waals surface area (Å²) in [5.41, 5.74) is 1.95. The Morgan fingerprint density at radius 2 is 1.74 bits per heavy atom. The number of halogens is 3. The van der Waals surface area contributed by atoms with Crippen molar-refractivity contribution in [3.05, 3.63) is 117 Å². The molecule has 3 heterocycles. The van der Waals surface area contributed by atoms with Gasteiger partial charge in [-0.15, -0.1) is 0 Å². The first-order valence-electron chi connectivity index (χ1n) is 12.2. The summed E-state index contributed by atoms with van der Waals surface area (Å²) in [6, 6.07) is 12.0. The zero-order chi connectivity index (χ0) is 27.5. The molecule has 1 saturated heterocycles. The summed E-state index contributed by atoms with van der Waals surface area (Å²) in [6.07, 6.45) is 2.76. The SMILES string of the molecule is COc1ccc(F)c(CNC(=O)c2cn(Cc3ccc(Cn4cc(F)ccc4=O)cc3)nc2C2COC2)c1F. The minimum Gasteiger partial charge on any atom is -0.494 e. The number of hydrogen-bond acceptors (Lipinski definition) is 5. The second-order valence-electron chi connectivity index (χ2n) is 9.21. The topological polar surface area (TPSA) is 87.4 Å². The zero-order valence-corrected chi connectivity index (χ0v) is 21.0. The van der Waals surface area contributed by atoms with Crippen LogP contribution in [-0.2, 0) is 24.4 Å². The van der Waals surface area contributed by atoms with Gasteiger partial charge in [-0.25, -0.2) is 13.2 Å². The Hall–Kier alpha value is -4.38. The second kappa shape index (κ2) is 11.2. The number of methoxy groups -OCH3 is 1. The fourth-order valence-electron chi connectivity index (χ4n) is 4.31. The number of ether oxygens (including phenoxy) is 2. The molecule has 0 unspecified atom stereocenters. The van der Waals surface area contributed by atoms with E-state index in [0.29, 0.717) is 31.0 Å². The summed E-state index contributed by atoms with van der Waals surface area (Å²) in [5.74, 6) is -2.84. The highest BCUT2D eigenvalue weighted by Crippen LogP contribution is 2.27. The van der Waals surface area contributed by atoms with E-state index in [9.17, 15) is 22.8 Å². The molecule has 1 N–H and O–H groups in total. The van der Waals surface area contributed by atoms with Crippen molar-refractivity contribution in [3.8, 4) is 5.75 Å². The predicted molar refractivity (Wildman–Crippen MR) is 135 cm³/mol. The summed E-state index contributed by atoms with van der Waals surface area (Å²) in [7, 11) is 1.28. The van der Waals surface area contributed by atoms with Crippen molar-refractivity contribution in [2.24, 2.45) is 0 Å². The molecule has 0 aliphatic carbocycles. The highest BCUT2D eigenvalue weighted by molar-refractivity contribution is 5.95. The molecule has 1 aliphatic heterocycles. The standard InChI is InChI=1S/C28H25F3N4O4/c1-38-24-8-7-23(30)21(26(24)31)10-32-28(37)22-14-35(33-27(22)19-15-39-16-19)12-18-4-2-17(3-5-18)11-34-13-20(29)6-9-25(34)36/h2-9,13-14,19H,10-12,15-16H2,1H3,(H,32,37). The van der Waals surface area contributed by atoms with Crippen LogP contribution in [0.5, 0.6) is 5.75 Å². The van der Waals surface area contributed by atoms with Crippen molar-refractivity contribution in [1.29, 1.82) is 0 Å². The number of benzene rings is 2. The molecule has 0 spiro atoms. The molecule has 4 aromatic rings. The van der Waals surface area contributed by atoms with Crippen LogP contribution in [0.2, 0.25) is 0 Å². The van der Waals surface area contributed by atoms with Gasteiger partial charge in [0.2, 0.25) is 0 Å². The van der Waals surface area contributed by atoms with E-state index in [0.717, 1.165) is 29.5 Å². The Labute approximate surface area is 221 Å². The Balaban J connectivity index is 1.30. The second-order valence-corrected chi connectivity index (χ2v) is 9.21. The van der Waals surface area contributed by atoms with Gasteiger partial charge in [-0.05, 0) is 29.3 Å². The quantitative estimate of drug-likeness (QED) is 0.352. The van der Waals surface area contributed by atoms with Gasteiger partial charge in [-0.2, -0.15) is 5.10 Å². The number of aromatic nitrogens is 3. The maximum absolute atomic E-state index is 14.5. The number of carbonyl (C=O) groups excluding carboxylic acids is 1. The van der Waals surface area contributed by atoms with Crippen LogP contribution in [-0.4, -0.2) is 40.6 Å². The highest BCUT2D eigenvalue weighted by Gasteiger charge is 2.29. The smallest absolute Gasteiger partial charge is 0.255 e. The highest BCUT2D eigenvalue weighted by atomic mass is 19.1. The lowest BCUT2D eigenvalue weighted by Crippen LogP contribution is -2.30. The first kappa shape index (κ1) is 26.2. The summed E-state index contributed by atoms with van der Waals surface area (Å²) in [4.78, 5) is 25.0. The van der Waals surface area contributed by atoms with Gasteiger partial charge in [0.05, 0.1) is 50.6 Å². The third-order valence-electron chi connectivity index (χ3n) is 6.52. The molecule has 1 fully saturated rings. The maximum Gasteiger partial charge on any atom is 0.255 e. The Bertz CT molecular complexity index is 1560. The van der Waals surface area contributed by atoms with Crippen molar-refractivity contribution < 1.29 is 27.4 Å². The lowest BCUT2D eigenvalue weighted by Gasteiger charge is -2.25. The van der Waals surface area contributed by atoms with Crippen LogP contribution in [0, 0.1) is 17.5 Å². The van der Waals surface area contributed by atoms with Crippen molar-refractivity contribution in [2.75, 3.05) is 20.3 Å². The fourth-order valence-corrected chi connectivity index (χ4v) is 4.31. The number of carbonyl (C=O) groups is 1. The number of hydrogen-bond donors (Lipinski definition) is 1. The number of pyridine rings is 1. The first-order chi connectivity index (χ1) is 18.8. The molecule has 0 bridgehead atoms. The zero-order valence-electron chi connectivity index (χ0n) is 21.0. The lowest BCUT2D eigenvalue weighted by molar-refractivity contribution is 0.00620. The minimum absolute atomic E-state index is 0.0655. The van der Waals surface area contributed by atoms with E-state index in [2.05, 4.69) is 10.4 Å². The van der Waals surface area contributed by atoms with Crippen molar-refractivity contribution in [2.45, 2.75) is 25.6 Å². The molecule has 39 heavy (non-hydrogen) atoms. The summed E-state index contributed by atoms with van der Waals surface area (Å²) in [5, 5.41) is 7.18. The van der Waals surface area contributed by atoms with Crippen LogP contribution in [0.1, 0.15) is 38.7 Å². The van der Waals surface area contributed by atoms with Gasteiger partial charge in [0.25, 0.3) is 11.5 Å². The van der Waals surface area contributed by atoms with E-state index >= 15 is 0 Å². The van der Waals surface area contributed by atoms with Gasteiger partial charge in [0.15, 0.2) is 11.6 Å². The lowest BCUT2D eigenvalue weighted by atomic mass is 10.00. The van der Waals surface area contributed by atoms with Gasteiger partial charge in [0.1, 0.15) is 11.6 Å². The molecule has 0 atom stereocenters. The average molecular weight is 539 g/mol. The van der Waals surface area contributed by atoms with Crippen LogP contribution in [0.15, 0.2) is 65.7 Å². The van der Waals surface area contributed by atoms with E-state index in [1.807, 2.05) is 24.3 Å². The molecule has 2 aromatic heterocycles. The molecule has 1 aliphatic rings. The normalized spacial score (nSPS) is 13.2. The molecule has 1 amide bonds. The summed E-state index contributed by atoms with van der Waals surface area (Å²) < 4.78 is 55.3. The summed E-state index contributed by atoms with van der Waals surface area (Å²) >= 11 is 0. The molecular formula is C28H25F3N4O4. The fraction of sp³-hybridized carbons (Fsp3) is 0.250. The van der Waals surface area contributed by atoms with Gasteiger partial charge in [-0.3, -0.25) is 14.3 Å². The summed E-state index contributed by atoms with van der Waals surface area (Å²) in [6.45, 7) is 1.06. The van der Waals surface area contributed by atoms with Crippen molar-refractivity contribution in [3.63, 3.8) is 0 Å². The average Bonchev–Trinajstić information content (AvgIpc) is 3.29.